The quantitative estimate of drug-likeness (QED) is 0.814. The predicted octanol–water partition coefficient (Wildman–Crippen LogP) is 3.01. The highest BCUT2D eigenvalue weighted by Gasteiger charge is 2.07. The van der Waals surface area contributed by atoms with Crippen LogP contribution in [0.4, 0.5) is 0 Å². The molecule has 1 aromatic carbocycles. The van der Waals surface area contributed by atoms with E-state index in [0.29, 0.717) is 12.1 Å². The second-order valence-corrected chi connectivity index (χ2v) is 3.93. The van der Waals surface area contributed by atoms with Crippen LogP contribution in [0.25, 0.3) is 0 Å². The average molecular weight is 202 g/mol. The molecular weight excluding hydrogens is 184 g/mol. The van der Waals surface area contributed by atoms with Gasteiger partial charge < -0.3 is 5.32 Å². The zero-order chi connectivity index (χ0) is 11.3. The summed E-state index contributed by atoms with van der Waals surface area (Å²) in [6.07, 6.45) is 1.13. The summed E-state index contributed by atoms with van der Waals surface area (Å²) in [7, 11) is 0. The maximum Gasteiger partial charge on any atom is 0.0991 e. The van der Waals surface area contributed by atoms with E-state index < -0.39 is 0 Å². The maximum absolute atomic E-state index is 8.68. The van der Waals surface area contributed by atoms with E-state index in [2.05, 4.69) is 32.2 Å². The first-order chi connectivity index (χ1) is 7.17. The fraction of sp³-hybridized carbons (Fsp3) is 0.462. The van der Waals surface area contributed by atoms with Gasteiger partial charge in [0.2, 0.25) is 0 Å². The third-order valence-corrected chi connectivity index (χ3v) is 2.69. The summed E-state index contributed by atoms with van der Waals surface area (Å²) in [6, 6.07) is 10.7. The number of hydrogen-bond acceptors (Lipinski definition) is 2. The van der Waals surface area contributed by atoms with Gasteiger partial charge in [-0.2, -0.15) is 5.26 Å². The van der Waals surface area contributed by atoms with Crippen molar-refractivity contribution in [3.05, 3.63) is 35.4 Å². The molecule has 0 saturated carbocycles. The highest BCUT2D eigenvalue weighted by atomic mass is 14.9. The topological polar surface area (TPSA) is 35.8 Å². The predicted molar refractivity (Wildman–Crippen MR) is 62.5 cm³/mol. The van der Waals surface area contributed by atoms with E-state index in [4.69, 9.17) is 5.26 Å². The molecule has 2 unspecified atom stereocenters. The summed E-state index contributed by atoms with van der Waals surface area (Å²) in [6.45, 7) is 6.50. The third kappa shape index (κ3) is 3.38. The van der Waals surface area contributed by atoms with Gasteiger partial charge in [0.15, 0.2) is 0 Å². The fourth-order valence-corrected chi connectivity index (χ4v) is 1.49. The van der Waals surface area contributed by atoms with Crippen LogP contribution >= 0.6 is 0 Å². The van der Waals surface area contributed by atoms with Gasteiger partial charge in [-0.1, -0.05) is 19.1 Å². The van der Waals surface area contributed by atoms with Gasteiger partial charge in [0.05, 0.1) is 11.6 Å². The van der Waals surface area contributed by atoms with E-state index in [1.54, 1.807) is 0 Å². The van der Waals surface area contributed by atoms with Crippen LogP contribution in [0.3, 0.4) is 0 Å². The minimum atomic E-state index is 0.340. The molecule has 1 rings (SSSR count). The molecule has 0 radical (unpaired) electrons. The zero-order valence-electron chi connectivity index (χ0n) is 9.62. The maximum atomic E-state index is 8.68. The molecule has 1 N–H and O–H groups in total. The SMILES string of the molecule is CCC(C)NC(C)c1ccc(C#N)cc1. The number of nitrogens with zero attached hydrogens (tertiary/aromatic N) is 1. The van der Waals surface area contributed by atoms with Crippen LogP contribution in [0.15, 0.2) is 24.3 Å². The van der Waals surface area contributed by atoms with Crippen LogP contribution in [0.2, 0.25) is 0 Å². The van der Waals surface area contributed by atoms with Gasteiger partial charge >= 0.3 is 0 Å². The average Bonchev–Trinajstić information content (AvgIpc) is 2.29. The molecular formula is C13H18N2. The lowest BCUT2D eigenvalue weighted by Crippen LogP contribution is -2.28. The van der Waals surface area contributed by atoms with Crippen molar-refractivity contribution in [3.8, 4) is 6.07 Å². The number of nitriles is 1. The van der Waals surface area contributed by atoms with Crippen LogP contribution in [0.5, 0.6) is 0 Å². The van der Waals surface area contributed by atoms with Gasteiger partial charge in [-0.15, -0.1) is 0 Å². The molecule has 1 aromatic rings. The van der Waals surface area contributed by atoms with E-state index in [9.17, 15) is 0 Å². The second kappa shape index (κ2) is 5.53. The Morgan fingerprint density at radius 2 is 1.87 bits per heavy atom. The normalized spacial score (nSPS) is 14.3. The molecule has 2 atom stereocenters. The van der Waals surface area contributed by atoms with Gasteiger partial charge in [-0.05, 0) is 38.0 Å². The smallest absolute Gasteiger partial charge is 0.0991 e. The van der Waals surface area contributed by atoms with Crippen molar-refractivity contribution in [2.24, 2.45) is 0 Å². The monoisotopic (exact) mass is 202 g/mol. The molecule has 0 fully saturated rings. The lowest BCUT2D eigenvalue weighted by Gasteiger charge is -2.19. The third-order valence-electron chi connectivity index (χ3n) is 2.69. The molecule has 80 valence electrons. The van der Waals surface area contributed by atoms with Crippen LogP contribution in [-0.4, -0.2) is 6.04 Å². The Labute approximate surface area is 91.9 Å². The van der Waals surface area contributed by atoms with Crippen molar-refractivity contribution in [1.29, 1.82) is 5.26 Å². The number of rotatable bonds is 4. The first kappa shape index (κ1) is 11.7. The second-order valence-electron chi connectivity index (χ2n) is 3.93. The molecule has 0 saturated heterocycles. The Balaban J connectivity index is 2.66. The Bertz CT molecular complexity index is 335. The molecule has 0 aliphatic heterocycles. The van der Waals surface area contributed by atoms with Crippen molar-refractivity contribution >= 4 is 0 Å². The highest BCUT2D eigenvalue weighted by Crippen LogP contribution is 2.14. The van der Waals surface area contributed by atoms with Crippen LogP contribution in [-0.2, 0) is 0 Å². The van der Waals surface area contributed by atoms with Crippen molar-refractivity contribution in [3.63, 3.8) is 0 Å². The number of nitrogens with one attached hydrogen (secondary N) is 1. The van der Waals surface area contributed by atoms with Gasteiger partial charge in [-0.25, -0.2) is 0 Å². The Morgan fingerprint density at radius 3 is 2.33 bits per heavy atom. The van der Waals surface area contributed by atoms with E-state index in [1.807, 2.05) is 24.3 Å². The summed E-state index contributed by atoms with van der Waals surface area (Å²) in [5.41, 5.74) is 1.95. The number of benzene rings is 1. The molecule has 0 amide bonds. The van der Waals surface area contributed by atoms with Crippen LogP contribution in [0, 0.1) is 11.3 Å². The number of hydrogen-bond donors (Lipinski definition) is 1. The Morgan fingerprint density at radius 1 is 1.27 bits per heavy atom. The van der Waals surface area contributed by atoms with E-state index in [-0.39, 0.29) is 0 Å². The summed E-state index contributed by atoms with van der Waals surface area (Å²) in [5, 5.41) is 12.2. The highest BCUT2D eigenvalue weighted by molar-refractivity contribution is 5.32. The summed E-state index contributed by atoms with van der Waals surface area (Å²) in [4.78, 5) is 0. The van der Waals surface area contributed by atoms with Crippen LogP contribution in [0.1, 0.15) is 44.4 Å². The molecule has 15 heavy (non-hydrogen) atoms. The molecule has 0 bridgehead atoms. The van der Waals surface area contributed by atoms with E-state index >= 15 is 0 Å². The zero-order valence-corrected chi connectivity index (χ0v) is 9.62. The van der Waals surface area contributed by atoms with E-state index in [1.165, 1.54) is 5.56 Å². The van der Waals surface area contributed by atoms with Gasteiger partial charge in [0, 0.05) is 12.1 Å². The lowest BCUT2D eigenvalue weighted by atomic mass is 10.1. The summed E-state index contributed by atoms with van der Waals surface area (Å²) < 4.78 is 0. The standard InChI is InChI=1S/C13H18N2/c1-4-10(2)15-11(3)13-7-5-12(9-14)6-8-13/h5-8,10-11,15H,4H2,1-3H3. The lowest BCUT2D eigenvalue weighted by molar-refractivity contribution is 0.469. The first-order valence-corrected chi connectivity index (χ1v) is 5.43. The van der Waals surface area contributed by atoms with Gasteiger partial charge in [0.1, 0.15) is 0 Å². The molecule has 0 heterocycles. The largest absolute Gasteiger partial charge is 0.308 e. The van der Waals surface area contributed by atoms with Crippen molar-refractivity contribution < 1.29 is 0 Å². The van der Waals surface area contributed by atoms with Crippen LogP contribution < -0.4 is 5.32 Å². The van der Waals surface area contributed by atoms with E-state index in [0.717, 1.165) is 12.0 Å². The molecule has 2 nitrogen and oxygen atoms in total. The van der Waals surface area contributed by atoms with Gasteiger partial charge in [0.25, 0.3) is 0 Å². The minimum Gasteiger partial charge on any atom is -0.308 e. The molecule has 2 heteroatoms. The van der Waals surface area contributed by atoms with Gasteiger partial charge in [-0.3, -0.25) is 0 Å². The van der Waals surface area contributed by atoms with Crippen molar-refractivity contribution in [2.45, 2.75) is 39.3 Å². The molecule has 0 aliphatic carbocycles. The summed E-state index contributed by atoms with van der Waals surface area (Å²) >= 11 is 0. The fourth-order valence-electron chi connectivity index (χ4n) is 1.49. The summed E-state index contributed by atoms with van der Waals surface area (Å²) in [5.74, 6) is 0. The Hall–Kier alpha value is -1.33. The van der Waals surface area contributed by atoms with Crippen molar-refractivity contribution in [1.82, 2.24) is 5.32 Å². The molecule has 0 aliphatic rings. The molecule has 0 aromatic heterocycles. The van der Waals surface area contributed by atoms with Crippen molar-refractivity contribution in [2.75, 3.05) is 0 Å². The first-order valence-electron chi connectivity index (χ1n) is 5.43. The minimum absolute atomic E-state index is 0.340. The molecule has 0 spiro atoms. The Kier molecular flexibility index (Phi) is 4.33.